The molecule has 180 valence electrons. The van der Waals surface area contributed by atoms with Crippen LogP contribution in [0.25, 0.3) is 5.65 Å². The van der Waals surface area contributed by atoms with E-state index in [1.165, 1.54) is 30.9 Å². The Morgan fingerprint density at radius 2 is 2.18 bits per heavy atom. The number of fused-ring (bicyclic) bond motifs is 2. The lowest BCUT2D eigenvalue weighted by Crippen LogP contribution is -2.47. The number of hydrogen-bond acceptors (Lipinski definition) is 10. The van der Waals surface area contributed by atoms with Crippen LogP contribution in [-0.4, -0.2) is 62.2 Å². The van der Waals surface area contributed by atoms with E-state index in [9.17, 15) is 9.36 Å². The highest BCUT2D eigenvalue weighted by atomic mass is 31.2. The van der Waals surface area contributed by atoms with E-state index in [1.807, 2.05) is 0 Å². The van der Waals surface area contributed by atoms with E-state index in [1.54, 1.807) is 0 Å². The third-order valence-corrected chi connectivity index (χ3v) is 7.99. The number of aromatic nitrogens is 4. The van der Waals surface area contributed by atoms with Crippen LogP contribution in [0, 0.1) is 0 Å². The summed E-state index contributed by atoms with van der Waals surface area (Å²) in [5.74, 6) is -0.419. The monoisotopic (exact) mass is 484 g/mol. The number of alkyl halides is 1. The fraction of sp³-hybridized carbons (Fsp3) is 0.684. The van der Waals surface area contributed by atoms with E-state index >= 15 is 4.39 Å². The Hall–Kier alpha value is -2.18. The van der Waals surface area contributed by atoms with E-state index in [0.29, 0.717) is 5.69 Å². The number of nitrogens with one attached hydrogen (secondary N) is 1. The summed E-state index contributed by atoms with van der Waals surface area (Å²) in [5, 5.41) is 6.65. The molecule has 3 N–H and O–H groups in total. The Bertz CT molecular complexity index is 1110. The SMILES string of the molecule is C[C@H](NP1(=O)OC[C@H]2O[C@@H](c3cnc4c(N)ncnn34)[C@](C)(F)[C@@H]2O1)C(=O)OC1CCCC1. The van der Waals surface area contributed by atoms with Crippen LogP contribution in [0.4, 0.5) is 10.2 Å². The molecule has 3 aliphatic rings. The summed E-state index contributed by atoms with van der Waals surface area (Å²) in [6, 6.07) is -0.963. The van der Waals surface area contributed by atoms with Gasteiger partial charge in [-0.15, -0.1) is 0 Å². The summed E-state index contributed by atoms with van der Waals surface area (Å²) >= 11 is 0. The number of ether oxygens (including phenoxy) is 2. The molecule has 0 spiro atoms. The van der Waals surface area contributed by atoms with Crippen LogP contribution in [0.5, 0.6) is 0 Å². The van der Waals surface area contributed by atoms with Crippen molar-refractivity contribution in [1.29, 1.82) is 0 Å². The third-order valence-electron chi connectivity index (χ3n) is 6.29. The van der Waals surface area contributed by atoms with Gasteiger partial charge in [0.05, 0.1) is 18.5 Å². The van der Waals surface area contributed by atoms with E-state index in [4.69, 9.17) is 24.3 Å². The zero-order valence-corrected chi connectivity index (χ0v) is 19.1. The maximum Gasteiger partial charge on any atom is 0.406 e. The van der Waals surface area contributed by atoms with Gasteiger partial charge in [-0.05, 0) is 39.5 Å². The molecule has 3 fully saturated rings. The maximum absolute atomic E-state index is 16.1. The number of esters is 1. The average Bonchev–Trinajstić information content (AvgIpc) is 3.47. The third kappa shape index (κ3) is 4.01. The highest BCUT2D eigenvalue weighted by Gasteiger charge is 2.61. The number of nitrogens with zero attached hydrogens (tertiary/aromatic N) is 4. The first-order valence-corrected chi connectivity index (χ1v) is 12.4. The number of carbonyl (C=O) groups excluding carboxylic acids is 1. The lowest BCUT2D eigenvalue weighted by molar-refractivity contribution is -0.150. The molecule has 1 unspecified atom stereocenters. The van der Waals surface area contributed by atoms with Gasteiger partial charge in [-0.3, -0.25) is 13.8 Å². The smallest absolute Gasteiger partial charge is 0.406 e. The van der Waals surface area contributed by atoms with Crippen LogP contribution in [0.2, 0.25) is 0 Å². The van der Waals surface area contributed by atoms with E-state index in [2.05, 4.69) is 20.2 Å². The zero-order valence-electron chi connectivity index (χ0n) is 18.2. The molecule has 4 heterocycles. The molecule has 1 aliphatic carbocycles. The van der Waals surface area contributed by atoms with E-state index in [-0.39, 0.29) is 24.2 Å². The summed E-state index contributed by atoms with van der Waals surface area (Å²) in [5.41, 5.74) is 4.27. The normalized spacial score (nSPS) is 35.5. The van der Waals surface area contributed by atoms with Crippen LogP contribution >= 0.6 is 7.75 Å². The number of rotatable bonds is 5. The van der Waals surface area contributed by atoms with Gasteiger partial charge in [0.15, 0.2) is 17.1 Å². The van der Waals surface area contributed by atoms with Gasteiger partial charge in [0.2, 0.25) is 0 Å². The molecule has 0 bridgehead atoms. The predicted octanol–water partition coefficient (Wildman–Crippen LogP) is 1.86. The van der Waals surface area contributed by atoms with Crippen molar-refractivity contribution in [2.75, 3.05) is 12.3 Å². The van der Waals surface area contributed by atoms with Gasteiger partial charge in [-0.1, -0.05) is 0 Å². The molecule has 33 heavy (non-hydrogen) atoms. The van der Waals surface area contributed by atoms with Gasteiger partial charge < -0.3 is 15.2 Å². The second-order valence-corrected chi connectivity index (χ2v) is 10.5. The Kier molecular flexibility index (Phi) is 5.65. The number of imidazole rings is 1. The first-order chi connectivity index (χ1) is 15.7. The van der Waals surface area contributed by atoms with E-state index in [0.717, 1.165) is 25.7 Å². The highest BCUT2D eigenvalue weighted by Crippen LogP contribution is 2.57. The molecule has 0 radical (unpaired) electrons. The molecule has 12 nitrogen and oxygen atoms in total. The van der Waals surface area contributed by atoms with Crippen molar-refractivity contribution in [2.24, 2.45) is 0 Å². The van der Waals surface area contributed by atoms with Gasteiger partial charge in [0, 0.05) is 0 Å². The predicted molar refractivity (Wildman–Crippen MR) is 112 cm³/mol. The van der Waals surface area contributed by atoms with Crippen molar-refractivity contribution in [2.45, 2.75) is 75.7 Å². The van der Waals surface area contributed by atoms with Gasteiger partial charge in [0.25, 0.3) is 0 Å². The first kappa shape index (κ1) is 22.6. The Balaban J connectivity index is 1.31. The Morgan fingerprint density at radius 1 is 1.42 bits per heavy atom. The largest absolute Gasteiger partial charge is 0.461 e. The van der Waals surface area contributed by atoms with Gasteiger partial charge in [0.1, 0.15) is 36.8 Å². The second-order valence-electron chi connectivity index (χ2n) is 8.78. The molecule has 2 aliphatic heterocycles. The number of carbonyl (C=O) groups is 1. The van der Waals surface area contributed by atoms with Crippen molar-refractivity contribution in [3.63, 3.8) is 0 Å². The minimum Gasteiger partial charge on any atom is -0.461 e. The molecule has 2 aromatic heterocycles. The quantitative estimate of drug-likeness (QED) is 0.472. The van der Waals surface area contributed by atoms with E-state index < -0.39 is 43.7 Å². The molecule has 0 amide bonds. The van der Waals surface area contributed by atoms with Crippen molar-refractivity contribution in [3.05, 3.63) is 18.2 Å². The van der Waals surface area contributed by atoms with Crippen LogP contribution in [0.3, 0.4) is 0 Å². The molecule has 5 rings (SSSR count). The second kappa shape index (κ2) is 8.24. The number of hydrogen-bond donors (Lipinski definition) is 2. The lowest BCUT2D eigenvalue weighted by atomic mass is 9.93. The molecule has 0 aromatic carbocycles. The summed E-state index contributed by atoms with van der Waals surface area (Å²) in [7, 11) is -4.02. The molecular formula is C19H26FN6O6P. The fourth-order valence-corrected chi connectivity index (χ4v) is 6.32. The number of nitrogen functional groups attached to an aromatic ring is 1. The van der Waals surface area contributed by atoms with Crippen LogP contribution < -0.4 is 10.8 Å². The molecular weight excluding hydrogens is 458 g/mol. The van der Waals surface area contributed by atoms with Crippen molar-refractivity contribution in [1.82, 2.24) is 24.7 Å². The molecule has 14 heteroatoms. The minimum atomic E-state index is -4.02. The fourth-order valence-electron chi connectivity index (χ4n) is 4.56. The Morgan fingerprint density at radius 3 is 2.94 bits per heavy atom. The summed E-state index contributed by atoms with van der Waals surface area (Å²) < 4.78 is 52.9. The van der Waals surface area contributed by atoms with Crippen molar-refractivity contribution >= 4 is 25.2 Å². The molecule has 6 atom stereocenters. The van der Waals surface area contributed by atoms with Crippen molar-refractivity contribution in [3.8, 4) is 0 Å². The van der Waals surface area contributed by atoms with Gasteiger partial charge in [-0.2, -0.15) is 5.10 Å². The number of nitrogens with two attached hydrogens (primary N) is 1. The van der Waals surface area contributed by atoms with Crippen LogP contribution in [0.15, 0.2) is 12.5 Å². The van der Waals surface area contributed by atoms with Crippen LogP contribution in [0.1, 0.15) is 51.3 Å². The van der Waals surface area contributed by atoms with Gasteiger partial charge >= 0.3 is 13.7 Å². The number of halogens is 1. The topological polar surface area (TPSA) is 152 Å². The minimum absolute atomic E-state index is 0.137. The summed E-state index contributed by atoms with van der Waals surface area (Å²) in [6.45, 7) is 2.60. The summed E-state index contributed by atoms with van der Waals surface area (Å²) in [4.78, 5) is 20.4. The maximum atomic E-state index is 16.1. The first-order valence-electron chi connectivity index (χ1n) is 10.9. The standard InChI is InChI=1S/C19H26FN6O6P/c1-10(18(27)30-11-5-3-4-6-11)25-33(28)29-8-13-15(32-33)19(2,20)14(31-13)12-7-22-17-16(21)23-9-24-26(12)17/h7,9-11,13-15H,3-6,8H2,1-2H3,(H,25,28)(H2,21,23,24)/t10-,13+,14-,15+,19-,33?/m0/s1. The average molecular weight is 484 g/mol. The molecule has 2 aromatic rings. The Labute approximate surface area is 188 Å². The highest BCUT2D eigenvalue weighted by molar-refractivity contribution is 7.51. The molecule has 2 saturated heterocycles. The van der Waals surface area contributed by atoms with Gasteiger partial charge in [-0.25, -0.2) is 28.5 Å². The lowest BCUT2D eigenvalue weighted by Gasteiger charge is -2.35. The van der Waals surface area contributed by atoms with Crippen LogP contribution in [-0.2, 0) is 27.9 Å². The number of anilines is 1. The molecule has 1 saturated carbocycles. The summed E-state index contributed by atoms with van der Waals surface area (Å²) in [6.07, 6.45) is 2.94. The van der Waals surface area contributed by atoms with Crippen molar-refractivity contribution < 1.29 is 32.3 Å². The zero-order chi connectivity index (χ0) is 23.4.